The SMILES string of the molecule is NCC1(C(=O)Cc2ccc(F)cc2Cl)CC1. The van der Waals surface area contributed by atoms with Gasteiger partial charge in [0.15, 0.2) is 0 Å². The summed E-state index contributed by atoms with van der Waals surface area (Å²) in [5, 5.41) is 0.307. The highest BCUT2D eigenvalue weighted by Crippen LogP contribution is 2.46. The van der Waals surface area contributed by atoms with Crippen molar-refractivity contribution in [3.8, 4) is 0 Å². The molecule has 0 saturated heterocycles. The van der Waals surface area contributed by atoms with Crippen LogP contribution in [0.2, 0.25) is 5.02 Å². The van der Waals surface area contributed by atoms with Gasteiger partial charge in [-0.2, -0.15) is 0 Å². The number of benzene rings is 1. The Balaban J connectivity index is 2.12. The van der Waals surface area contributed by atoms with Crippen LogP contribution in [-0.4, -0.2) is 12.3 Å². The van der Waals surface area contributed by atoms with Gasteiger partial charge in [-0.05, 0) is 30.5 Å². The van der Waals surface area contributed by atoms with Gasteiger partial charge in [0.2, 0.25) is 0 Å². The first-order valence-electron chi connectivity index (χ1n) is 5.25. The molecule has 1 saturated carbocycles. The van der Waals surface area contributed by atoms with Crippen LogP contribution in [0, 0.1) is 11.2 Å². The first-order chi connectivity index (χ1) is 7.57. The van der Waals surface area contributed by atoms with Gasteiger partial charge < -0.3 is 5.73 Å². The summed E-state index contributed by atoms with van der Waals surface area (Å²) in [5.74, 6) is -0.273. The molecular weight excluding hydrogens is 229 g/mol. The van der Waals surface area contributed by atoms with E-state index in [9.17, 15) is 9.18 Å². The molecule has 0 bridgehead atoms. The van der Waals surface area contributed by atoms with E-state index in [1.165, 1.54) is 12.1 Å². The highest BCUT2D eigenvalue weighted by molar-refractivity contribution is 6.31. The quantitative estimate of drug-likeness (QED) is 0.879. The third kappa shape index (κ3) is 2.11. The van der Waals surface area contributed by atoms with Crippen molar-refractivity contribution in [3.05, 3.63) is 34.6 Å². The Kier molecular flexibility index (Phi) is 3.00. The van der Waals surface area contributed by atoms with Crippen LogP contribution in [-0.2, 0) is 11.2 Å². The van der Waals surface area contributed by atoms with Gasteiger partial charge in [-0.15, -0.1) is 0 Å². The van der Waals surface area contributed by atoms with E-state index in [-0.39, 0.29) is 23.4 Å². The molecule has 0 aliphatic heterocycles. The fourth-order valence-electron chi connectivity index (χ4n) is 1.77. The van der Waals surface area contributed by atoms with E-state index < -0.39 is 0 Å². The molecule has 2 rings (SSSR count). The fraction of sp³-hybridized carbons (Fsp3) is 0.417. The predicted octanol–water partition coefficient (Wildman–Crippen LogP) is 2.33. The van der Waals surface area contributed by atoms with Crippen LogP contribution in [0.15, 0.2) is 18.2 Å². The molecular formula is C12H13ClFNO. The number of ketones is 1. The van der Waals surface area contributed by atoms with E-state index in [4.69, 9.17) is 17.3 Å². The Morgan fingerprint density at radius 1 is 1.50 bits per heavy atom. The van der Waals surface area contributed by atoms with Crippen LogP contribution < -0.4 is 5.73 Å². The van der Waals surface area contributed by atoms with Crippen LogP contribution >= 0.6 is 11.6 Å². The molecule has 1 aromatic rings. The predicted molar refractivity (Wildman–Crippen MR) is 60.8 cm³/mol. The topological polar surface area (TPSA) is 43.1 Å². The molecule has 0 amide bonds. The number of hydrogen-bond donors (Lipinski definition) is 1. The minimum Gasteiger partial charge on any atom is -0.329 e. The van der Waals surface area contributed by atoms with E-state index in [1.807, 2.05) is 0 Å². The van der Waals surface area contributed by atoms with E-state index in [0.717, 1.165) is 12.8 Å². The Morgan fingerprint density at radius 3 is 2.69 bits per heavy atom. The number of halogens is 2. The lowest BCUT2D eigenvalue weighted by molar-refractivity contribution is -0.123. The summed E-state index contributed by atoms with van der Waals surface area (Å²) in [4.78, 5) is 11.9. The number of carbonyl (C=O) groups is 1. The second kappa shape index (κ2) is 4.15. The summed E-state index contributed by atoms with van der Waals surface area (Å²) in [7, 11) is 0. The van der Waals surface area contributed by atoms with Crippen LogP contribution in [0.25, 0.3) is 0 Å². The monoisotopic (exact) mass is 241 g/mol. The lowest BCUT2D eigenvalue weighted by Crippen LogP contribution is -2.26. The lowest BCUT2D eigenvalue weighted by atomic mass is 9.95. The number of carbonyl (C=O) groups excluding carboxylic acids is 1. The van der Waals surface area contributed by atoms with Crippen molar-refractivity contribution < 1.29 is 9.18 Å². The second-order valence-electron chi connectivity index (χ2n) is 4.32. The molecule has 1 aliphatic rings. The molecule has 0 atom stereocenters. The zero-order chi connectivity index (χ0) is 11.8. The van der Waals surface area contributed by atoms with Crippen molar-refractivity contribution in [2.24, 2.45) is 11.1 Å². The van der Waals surface area contributed by atoms with Crippen LogP contribution in [0.5, 0.6) is 0 Å². The zero-order valence-corrected chi connectivity index (χ0v) is 9.56. The molecule has 0 heterocycles. The Hall–Kier alpha value is -0.930. The smallest absolute Gasteiger partial charge is 0.144 e. The summed E-state index contributed by atoms with van der Waals surface area (Å²) >= 11 is 5.86. The molecule has 0 radical (unpaired) electrons. The first kappa shape index (κ1) is 11.6. The van der Waals surface area contributed by atoms with Gasteiger partial charge >= 0.3 is 0 Å². The third-order valence-corrected chi connectivity index (χ3v) is 3.55. The Morgan fingerprint density at radius 2 is 2.19 bits per heavy atom. The standard InChI is InChI=1S/C12H13ClFNO/c13-10-6-9(14)2-1-8(10)5-11(16)12(7-15)3-4-12/h1-2,6H,3-5,7,15H2. The van der Waals surface area contributed by atoms with Crippen LogP contribution in [0.3, 0.4) is 0 Å². The summed E-state index contributed by atoms with van der Waals surface area (Å²) in [6.45, 7) is 0.393. The largest absolute Gasteiger partial charge is 0.329 e. The van der Waals surface area contributed by atoms with Crippen molar-refractivity contribution in [3.63, 3.8) is 0 Å². The molecule has 2 nitrogen and oxygen atoms in total. The lowest BCUT2D eigenvalue weighted by Gasteiger charge is -2.11. The van der Waals surface area contributed by atoms with Crippen molar-refractivity contribution >= 4 is 17.4 Å². The Labute approximate surface area is 98.6 Å². The molecule has 1 aliphatic carbocycles. The van der Waals surface area contributed by atoms with E-state index in [2.05, 4.69) is 0 Å². The van der Waals surface area contributed by atoms with Crippen molar-refractivity contribution in [1.29, 1.82) is 0 Å². The van der Waals surface area contributed by atoms with Gasteiger partial charge in [-0.25, -0.2) is 4.39 Å². The first-order valence-corrected chi connectivity index (χ1v) is 5.62. The number of Topliss-reactive ketones (excluding diaryl/α,β-unsaturated/α-hetero) is 1. The average molecular weight is 242 g/mol. The molecule has 1 fully saturated rings. The number of hydrogen-bond acceptors (Lipinski definition) is 2. The zero-order valence-electron chi connectivity index (χ0n) is 8.80. The molecule has 0 unspecified atom stereocenters. The maximum Gasteiger partial charge on any atom is 0.144 e. The van der Waals surface area contributed by atoms with Gasteiger partial charge in [0, 0.05) is 23.4 Å². The summed E-state index contributed by atoms with van der Waals surface area (Å²) in [6.07, 6.45) is 1.97. The minimum atomic E-state index is -0.388. The molecule has 1 aromatic carbocycles. The summed E-state index contributed by atoms with van der Waals surface area (Å²) in [5.41, 5.74) is 5.92. The third-order valence-electron chi connectivity index (χ3n) is 3.20. The second-order valence-corrected chi connectivity index (χ2v) is 4.73. The maximum atomic E-state index is 12.8. The fourth-order valence-corrected chi connectivity index (χ4v) is 2.01. The molecule has 2 N–H and O–H groups in total. The minimum absolute atomic E-state index is 0.114. The number of rotatable bonds is 4. The van der Waals surface area contributed by atoms with Gasteiger partial charge in [-0.1, -0.05) is 17.7 Å². The van der Waals surface area contributed by atoms with Gasteiger partial charge in [-0.3, -0.25) is 4.79 Å². The van der Waals surface area contributed by atoms with Crippen molar-refractivity contribution in [2.75, 3.05) is 6.54 Å². The summed E-state index contributed by atoms with van der Waals surface area (Å²) < 4.78 is 12.8. The Bertz CT molecular complexity index is 429. The van der Waals surface area contributed by atoms with E-state index >= 15 is 0 Å². The van der Waals surface area contributed by atoms with E-state index in [1.54, 1.807) is 6.07 Å². The normalized spacial score (nSPS) is 17.2. The molecule has 0 aromatic heterocycles. The van der Waals surface area contributed by atoms with Crippen LogP contribution in [0.1, 0.15) is 18.4 Å². The van der Waals surface area contributed by atoms with Crippen LogP contribution in [0.4, 0.5) is 4.39 Å². The highest BCUT2D eigenvalue weighted by atomic mass is 35.5. The van der Waals surface area contributed by atoms with Crippen molar-refractivity contribution in [2.45, 2.75) is 19.3 Å². The highest BCUT2D eigenvalue weighted by Gasteiger charge is 2.47. The molecule has 16 heavy (non-hydrogen) atoms. The summed E-state index contributed by atoms with van der Waals surface area (Å²) in [6, 6.07) is 4.10. The molecule has 0 spiro atoms. The van der Waals surface area contributed by atoms with Gasteiger partial charge in [0.05, 0.1) is 0 Å². The maximum absolute atomic E-state index is 12.8. The van der Waals surface area contributed by atoms with Gasteiger partial charge in [0.1, 0.15) is 11.6 Å². The van der Waals surface area contributed by atoms with Gasteiger partial charge in [0.25, 0.3) is 0 Å². The number of nitrogens with two attached hydrogens (primary N) is 1. The molecule has 4 heteroatoms. The van der Waals surface area contributed by atoms with E-state index in [0.29, 0.717) is 17.1 Å². The average Bonchev–Trinajstić information content (AvgIpc) is 3.03. The molecule has 86 valence electrons. The van der Waals surface area contributed by atoms with Crippen molar-refractivity contribution in [1.82, 2.24) is 0 Å².